The smallest absolute Gasteiger partial charge is 0.417 e. The molecule has 2 aromatic heterocycles. The fraction of sp³-hybridized carbons (Fsp3) is 0.0667. The fourth-order valence-corrected chi connectivity index (χ4v) is 2.30. The maximum atomic E-state index is 13.1. The van der Waals surface area contributed by atoms with Gasteiger partial charge in [-0.3, -0.25) is 9.55 Å². The second-order valence-electron chi connectivity index (χ2n) is 4.64. The van der Waals surface area contributed by atoms with Crippen molar-refractivity contribution in [3.8, 4) is 11.3 Å². The third kappa shape index (κ3) is 2.30. The molecule has 0 saturated carbocycles. The average molecular weight is 306 g/mol. The van der Waals surface area contributed by atoms with Crippen molar-refractivity contribution in [2.24, 2.45) is 0 Å². The molecule has 7 heteroatoms. The summed E-state index contributed by atoms with van der Waals surface area (Å²) in [5.74, 6) is 0. The number of pyridine rings is 1. The Morgan fingerprint density at radius 3 is 2.59 bits per heavy atom. The van der Waals surface area contributed by atoms with Crippen molar-refractivity contribution in [2.45, 2.75) is 6.18 Å². The summed E-state index contributed by atoms with van der Waals surface area (Å²) < 4.78 is 40.1. The molecule has 4 nitrogen and oxygen atoms in total. The largest absolute Gasteiger partial charge is 0.464 e. The first kappa shape index (κ1) is 14.1. The Hall–Kier alpha value is -2.83. The average Bonchev–Trinajstić information content (AvgIpc) is 2.89. The van der Waals surface area contributed by atoms with Crippen LogP contribution < -0.4 is 0 Å². The lowest BCUT2D eigenvalue weighted by Gasteiger charge is -2.12. The van der Waals surface area contributed by atoms with Crippen LogP contribution >= 0.6 is 0 Å². The van der Waals surface area contributed by atoms with E-state index in [9.17, 15) is 18.0 Å². The quantitative estimate of drug-likeness (QED) is 0.731. The van der Waals surface area contributed by atoms with Crippen LogP contribution in [-0.2, 0) is 6.18 Å². The maximum Gasteiger partial charge on any atom is 0.417 e. The van der Waals surface area contributed by atoms with E-state index in [0.717, 1.165) is 10.6 Å². The lowest BCUT2D eigenvalue weighted by Crippen LogP contribution is -2.08. The molecule has 1 aromatic carbocycles. The minimum Gasteiger partial charge on any atom is -0.464 e. The molecule has 0 aliphatic carbocycles. The second-order valence-corrected chi connectivity index (χ2v) is 4.64. The zero-order chi connectivity index (χ0) is 15.9. The van der Waals surface area contributed by atoms with Crippen LogP contribution in [0.3, 0.4) is 0 Å². The van der Waals surface area contributed by atoms with Gasteiger partial charge in [0.1, 0.15) is 0 Å². The third-order valence-electron chi connectivity index (χ3n) is 3.29. The van der Waals surface area contributed by atoms with Crippen LogP contribution in [0, 0.1) is 0 Å². The number of carbonyl (C=O) groups is 1. The van der Waals surface area contributed by atoms with Gasteiger partial charge in [0.25, 0.3) is 0 Å². The SMILES string of the molecule is O=C(O)n1ccc2cnc(-c3ccccc3C(F)(F)F)cc21. The number of alkyl halides is 3. The molecule has 0 aliphatic rings. The summed E-state index contributed by atoms with van der Waals surface area (Å²) in [6.07, 6.45) is -3.04. The molecule has 0 spiro atoms. The molecule has 1 N–H and O–H groups in total. The number of carboxylic acid groups (broad SMARTS) is 1. The molecule has 0 unspecified atom stereocenters. The number of fused-ring (bicyclic) bond motifs is 1. The molecule has 3 aromatic rings. The zero-order valence-corrected chi connectivity index (χ0v) is 11.0. The molecule has 0 bridgehead atoms. The van der Waals surface area contributed by atoms with Gasteiger partial charge in [-0.1, -0.05) is 18.2 Å². The Kier molecular flexibility index (Phi) is 3.13. The monoisotopic (exact) mass is 306 g/mol. The van der Waals surface area contributed by atoms with Crippen molar-refractivity contribution in [1.82, 2.24) is 9.55 Å². The Morgan fingerprint density at radius 2 is 1.91 bits per heavy atom. The lowest BCUT2D eigenvalue weighted by atomic mass is 10.0. The van der Waals surface area contributed by atoms with Crippen LogP contribution in [0.25, 0.3) is 22.2 Å². The number of aromatic nitrogens is 2. The van der Waals surface area contributed by atoms with E-state index in [1.54, 1.807) is 0 Å². The Morgan fingerprint density at radius 1 is 1.18 bits per heavy atom. The number of rotatable bonds is 1. The molecule has 0 saturated heterocycles. The first-order valence-corrected chi connectivity index (χ1v) is 6.25. The highest BCUT2D eigenvalue weighted by Gasteiger charge is 2.33. The number of hydrogen-bond acceptors (Lipinski definition) is 2. The van der Waals surface area contributed by atoms with E-state index < -0.39 is 17.8 Å². The number of hydrogen-bond donors (Lipinski definition) is 1. The summed E-state index contributed by atoms with van der Waals surface area (Å²) in [7, 11) is 0. The maximum absolute atomic E-state index is 13.1. The molecule has 0 fully saturated rings. The van der Waals surface area contributed by atoms with E-state index in [2.05, 4.69) is 4.98 Å². The van der Waals surface area contributed by atoms with Crippen LogP contribution in [0.2, 0.25) is 0 Å². The van der Waals surface area contributed by atoms with Gasteiger partial charge in [-0.25, -0.2) is 4.79 Å². The van der Waals surface area contributed by atoms with Crippen LogP contribution in [0.5, 0.6) is 0 Å². The van der Waals surface area contributed by atoms with E-state index in [0.29, 0.717) is 5.39 Å². The predicted octanol–water partition coefficient (Wildman–Crippen LogP) is 4.25. The number of halogens is 3. The van der Waals surface area contributed by atoms with Gasteiger partial charge in [-0.2, -0.15) is 13.2 Å². The minimum atomic E-state index is -4.51. The standard InChI is InChI=1S/C15H9F3N2O2/c16-15(17,18)11-4-2-1-3-10(11)12-7-13-9(8-19-12)5-6-20(13)14(21)22/h1-8H,(H,21,22). The molecule has 0 amide bonds. The third-order valence-corrected chi connectivity index (χ3v) is 3.29. The molecule has 3 rings (SSSR count). The van der Waals surface area contributed by atoms with Gasteiger partial charge in [-0.05, 0) is 18.2 Å². The fourth-order valence-electron chi connectivity index (χ4n) is 2.30. The summed E-state index contributed by atoms with van der Waals surface area (Å²) in [5.41, 5.74) is -0.540. The van der Waals surface area contributed by atoms with Crippen LogP contribution in [0.1, 0.15) is 5.56 Å². The van der Waals surface area contributed by atoms with Gasteiger partial charge in [0.15, 0.2) is 0 Å². The van der Waals surface area contributed by atoms with Crippen molar-refractivity contribution in [1.29, 1.82) is 0 Å². The molecule has 2 heterocycles. The van der Waals surface area contributed by atoms with Gasteiger partial charge >= 0.3 is 12.3 Å². The Bertz CT molecular complexity index is 869. The van der Waals surface area contributed by atoms with Crippen LogP contribution in [-0.4, -0.2) is 20.8 Å². The summed E-state index contributed by atoms with van der Waals surface area (Å²) in [5, 5.41) is 9.62. The van der Waals surface area contributed by atoms with Crippen LogP contribution in [0.15, 0.2) is 48.8 Å². The molecule has 0 radical (unpaired) electrons. The summed E-state index contributed by atoms with van der Waals surface area (Å²) >= 11 is 0. The van der Waals surface area contributed by atoms with E-state index in [4.69, 9.17) is 5.11 Å². The number of benzene rings is 1. The highest BCUT2D eigenvalue weighted by molar-refractivity contribution is 5.90. The van der Waals surface area contributed by atoms with Gasteiger partial charge < -0.3 is 5.11 Å². The van der Waals surface area contributed by atoms with Crippen molar-refractivity contribution < 1.29 is 23.1 Å². The molecule has 22 heavy (non-hydrogen) atoms. The van der Waals surface area contributed by atoms with Crippen molar-refractivity contribution >= 4 is 17.0 Å². The van der Waals surface area contributed by atoms with Gasteiger partial charge in [-0.15, -0.1) is 0 Å². The highest BCUT2D eigenvalue weighted by Crippen LogP contribution is 2.36. The molecule has 0 atom stereocenters. The Balaban J connectivity index is 2.23. The first-order valence-electron chi connectivity index (χ1n) is 6.25. The highest BCUT2D eigenvalue weighted by atomic mass is 19.4. The first-order chi connectivity index (χ1) is 10.4. The summed E-state index contributed by atoms with van der Waals surface area (Å²) in [4.78, 5) is 15.1. The zero-order valence-electron chi connectivity index (χ0n) is 11.0. The molecule has 112 valence electrons. The van der Waals surface area contributed by atoms with Crippen molar-refractivity contribution in [2.75, 3.05) is 0 Å². The predicted molar refractivity (Wildman–Crippen MR) is 73.6 cm³/mol. The van der Waals surface area contributed by atoms with Gasteiger partial charge in [0.2, 0.25) is 0 Å². The minimum absolute atomic E-state index is 0.0709. The topological polar surface area (TPSA) is 55.1 Å². The van der Waals surface area contributed by atoms with E-state index in [1.807, 2.05) is 0 Å². The summed E-state index contributed by atoms with van der Waals surface area (Å²) in [6.45, 7) is 0. The second kappa shape index (κ2) is 4.87. The van der Waals surface area contributed by atoms with E-state index >= 15 is 0 Å². The van der Waals surface area contributed by atoms with Gasteiger partial charge in [0.05, 0.1) is 16.8 Å². The van der Waals surface area contributed by atoms with Crippen molar-refractivity contribution in [3.63, 3.8) is 0 Å². The molecule has 0 aliphatic heterocycles. The van der Waals surface area contributed by atoms with Crippen molar-refractivity contribution in [3.05, 3.63) is 54.4 Å². The molecular weight excluding hydrogens is 297 g/mol. The number of nitrogens with zero attached hydrogens (tertiary/aromatic N) is 2. The normalized spacial score (nSPS) is 11.8. The van der Waals surface area contributed by atoms with E-state index in [-0.39, 0.29) is 16.8 Å². The van der Waals surface area contributed by atoms with Gasteiger partial charge in [0, 0.05) is 23.3 Å². The Labute approximate surface area is 122 Å². The molecular formula is C15H9F3N2O2. The van der Waals surface area contributed by atoms with Crippen LogP contribution in [0.4, 0.5) is 18.0 Å². The lowest BCUT2D eigenvalue weighted by molar-refractivity contribution is -0.137. The summed E-state index contributed by atoms with van der Waals surface area (Å²) in [6, 6.07) is 7.93. The van der Waals surface area contributed by atoms with E-state index in [1.165, 1.54) is 42.7 Å².